The molecule has 3 aromatic rings. The van der Waals surface area contributed by atoms with Crippen molar-refractivity contribution in [3.63, 3.8) is 0 Å². The van der Waals surface area contributed by atoms with Gasteiger partial charge < -0.3 is 15.4 Å². The number of rotatable bonds is 2. The van der Waals surface area contributed by atoms with Crippen LogP contribution in [0.15, 0.2) is 42.6 Å². The number of nitrogens with zero attached hydrogens (tertiary/aromatic N) is 3. The van der Waals surface area contributed by atoms with E-state index in [0.29, 0.717) is 59.5 Å². The third-order valence-electron chi connectivity index (χ3n) is 4.37. The van der Waals surface area contributed by atoms with Gasteiger partial charge in [-0.3, -0.25) is 9.78 Å². The number of nitrogens with two attached hydrogens (primary N) is 1. The molecule has 132 valence electrons. The fraction of sp³-hybridized carbons (Fsp3) is 0.211. The summed E-state index contributed by atoms with van der Waals surface area (Å²) in [4.78, 5) is 23.9. The Bertz CT molecular complexity index is 969. The van der Waals surface area contributed by atoms with Crippen LogP contribution in [0.1, 0.15) is 10.4 Å². The number of carbonyl (C=O) groups excluding carboxylic acids is 1. The fourth-order valence-corrected chi connectivity index (χ4v) is 3.23. The molecule has 0 spiro atoms. The largest absolute Gasteiger partial charge is 0.397 e. The van der Waals surface area contributed by atoms with Crippen LogP contribution in [-0.2, 0) is 4.74 Å². The number of benzene rings is 1. The zero-order valence-electron chi connectivity index (χ0n) is 14.0. The maximum atomic E-state index is 13.1. The van der Waals surface area contributed by atoms with Gasteiger partial charge in [-0.05, 0) is 24.3 Å². The third-order valence-corrected chi connectivity index (χ3v) is 4.67. The Kier molecular flexibility index (Phi) is 4.44. The Labute approximate surface area is 155 Å². The SMILES string of the molecule is Nc1ccc(-c2cc(C(=O)N3CCOCC3)c3cccc(Cl)c3n2)nc1. The van der Waals surface area contributed by atoms with Crippen LogP contribution in [0.5, 0.6) is 0 Å². The lowest BCUT2D eigenvalue weighted by atomic mass is 10.0. The predicted molar refractivity (Wildman–Crippen MR) is 101 cm³/mol. The highest BCUT2D eigenvalue weighted by Gasteiger charge is 2.22. The summed E-state index contributed by atoms with van der Waals surface area (Å²) in [5.74, 6) is -0.0559. The number of halogens is 1. The number of para-hydroxylation sites is 1. The molecule has 0 radical (unpaired) electrons. The summed E-state index contributed by atoms with van der Waals surface area (Å²) in [7, 11) is 0. The molecule has 6 nitrogen and oxygen atoms in total. The number of pyridine rings is 2. The van der Waals surface area contributed by atoms with Crippen molar-refractivity contribution in [1.29, 1.82) is 0 Å². The van der Waals surface area contributed by atoms with Crippen molar-refractivity contribution < 1.29 is 9.53 Å². The van der Waals surface area contributed by atoms with Gasteiger partial charge in [-0.25, -0.2) is 4.98 Å². The quantitative estimate of drug-likeness (QED) is 0.752. The lowest BCUT2D eigenvalue weighted by Crippen LogP contribution is -2.40. The number of aromatic nitrogens is 2. The lowest BCUT2D eigenvalue weighted by molar-refractivity contribution is 0.0304. The van der Waals surface area contributed by atoms with E-state index in [4.69, 9.17) is 22.1 Å². The van der Waals surface area contributed by atoms with E-state index in [9.17, 15) is 4.79 Å². The van der Waals surface area contributed by atoms with E-state index in [0.717, 1.165) is 5.39 Å². The number of morpholine rings is 1. The van der Waals surface area contributed by atoms with Crippen molar-refractivity contribution in [2.75, 3.05) is 32.0 Å². The van der Waals surface area contributed by atoms with Gasteiger partial charge in [0.05, 0.1) is 52.6 Å². The van der Waals surface area contributed by atoms with Gasteiger partial charge in [0.2, 0.25) is 0 Å². The number of anilines is 1. The van der Waals surface area contributed by atoms with Crippen LogP contribution in [0.2, 0.25) is 5.02 Å². The van der Waals surface area contributed by atoms with Gasteiger partial charge >= 0.3 is 0 Å². The molecule has 3 heterocycles. The van der Waals surface area contributed by atoms with Gasteiger partial charge in [0, 0.05) is 18.5 Å². The van der Waals surface area contributed by atoms with Gasteiger partial charge in [-0.1, -0.05) is 23.7 Å². The van der Waals surface area contributed by atoms with Gasteiger partial charge in [-0.2, -0.15) is 0 Å². The van der Waals surface area contributed by atoms with Gasteiger partial charge in [0.1, 0.15) is 0 Å². The maximum Gasteiger partial charge on any atom is 0.254 e. The van der Waals surface area contributed by atoms with E-state index in [1.807, 2.05) is 12.1 Å². The Morgan fingerprint density at radius 1 is 1.15 bits per heavy atom. The number of nitrogen functional groups attached to an aromatic ring is 1. The van der Waals surface area contributed by atoms with Crippen LogP contribution in [0, 0.1) is 0 Å². The Morgan fingerprint density at radius 3 is 2.69 bits per heavy atom. The van der Waals surface area contributed by atoms with E-state index in [2.05, 4.69) is 9.97 Å². The minimum Gasteiger partial charge on any atom is -0.397 e. The molecule has 0 aliphatic carbocycles. The molecule has 0 saturated carbocycles. The summed E-state index contributed by atoms with van der Waals surface area (Å²) < 4.78 is 5.35. The van der Waals surface area contributed by atoms with E-state index in [1.54, 1.807) is 35.4 Å². The summed E-state index contributed by atoms with van der Waals surface area (Å²) in [5.41, 5.74) is 8.65. The molecular formula is C19H17ClN4O2. The first-order valence-corrected chi connectivity index (χ1v) is 8.69. The van der Waals surface area contributed by atoms with Crippen LogP contribution in [-0.4, -0.2) is 47.1 Å². The molecule has 1 aromatic carbocycles. The number of hydrogen-bond acceptors (Lipinski definition) is 5. The Hall–Kier alpha value is -2.70. The van der Waals surface area contributed by atoms with Crippen LogP contribution in [0.4, 0.5) is 5.69 Å². The summed E-state index contributed by atoms with van der Waals surface area (Å²) in [6, 6.07) is 10.8. The molecule has 1 saturated heterocycles. The zero-order valence-corrected chi connectivity index (χ0v) is 14.7. The van der Waals surface area contributed by atoms with Crippen molar-refractivity contribution in [2.45, 2.75) is 0 Å². The van der Waals surface area contributed by atoms with Crippen LogP contribution in [0.3, 0.4) is 0 Å². The van der Waals surface area contributed by atoms with Crippen molar-refractivity contribution in [3.05, 3.63) is 53.2 Å². The highest BCUT2D eigenvalue weighted by Crippen LogP contribution is 2.29. The van der Waals surface area contributed by atoms with Crippen LogP contribution in [0.25, 0.3) is 22.3 Å². The molecule has 4 rings (SSSR count). The number of hydrogen-bond donors (Lipinski definition) is 1. The summed E-state index contributed by atoms with van der Waals surface area (Å²) >= 11 is 6.36. The zero-order chi connectivity index (χ0) is 18.1. The minimum absolute atomic E-state index is 0.0559. The van der Waals surface area contributed by atoms with Gasteiger partial charge in [0.25, 0.3) is 5.91 Å². The predicted octanol–water partition coefficient (Wildman–Crippen LogP) is 3.00. The normalized spacial score (nSPS) is 14.6. The fourth-order valence-electron chi connectivity index (χ4n) is 3.02. The molecule has 0 unspecified atom stereocenters. The molecule has 0 bridgehead atoms. The Morgan fingerprint density at radius 2 is 1.96 bits per heavy atom. The van der Waals surface area contributed by atoms with E-state index in [1.165, 1.54) is 0 Å². The van der Waals surface area contributed by atoms with Crippen LogP contribution < -0.4 is 5.73 Å². The van der Waals surface area contributed by atoms with Crippen molar-refractivity contribution in [1.82, 2.24) is 14.9 Å². The molecule has 1 aliphatic rings. The molecule has 7 heteroatoms. The van der Waals surface area contributed by atoms with E-state index in [-0.39, 0.29) is 5.91 Å². The molecular weight excluding hydrogens is 352 g/mol. The first-order valence-electron chi connectivity index (χ1n) is 8.31. The molecule has 2 N–H and O–H groups in total. The average Bonchev–Trinajstić information content (AvgIpc) is 2.68. The van der Waals surface area contributed by atoms with Gasteiger partial charge in [-0.15, -0.1) is 0 Å². The highest BCUT2D eigenvalue weighted by molar-refractivity contribution is 6.35. The second-order valence-electron chi connectivity index (χ2n) is 6.07. The Balaban J connectivity index is 1.88. The summed E-state index contributed by atoms with van der Waals surface area (Å²) in [6.45, 7) is 2.22. The smallest absolute Gasteiger partial charge is 0.254 e. The first-order chi connectivity index (χ1) is 12.6. The third kappa shape index (κ3) is 3.09. The summed E-state index contributed by atoms with van der Waals surface area (Å²) in [5, 5.41) is 1.23. The second-order valence-corrected chi connectivity index (χ2v) is 6.48. The van der Waals surface area contributed by atoms with E-state index < -0.39 is 0 Å². The first kappa shape index (κ1) is 16.8. The van der Waals surface area contributed by atoms with E-state index >= 15 is 0 Å². The van der Waals surface area contributed by atoms with Crippen molar-refractivity contribution in [3.8, 4) is 11.4 Å². The van der Waals surface area contributed by atoms with Crippen molar-refractivity contribution in [2.24, 2.45) is 0 Å². The highest BCUT2D eigenvalue weighted by atomic mass is 35.5. The monoisotopic (exact) mass is 368 g/mol. The average molecular weight is 369 g/mol. The molecule has 1 amide bonds. The second kappa shape index (κ2) is 6.90. The standard InChI is InChI=1S/C19H17ClN4O2/c20-15-3-1-2-13-14(19(25)24-6-8-26-9-7-24)10-17(23-18(13)15)16-5-4-12(21)11-22-16/h1-5,10-11H,6-9,21H2. The topological polar surface area (TPSA) is 81.3 Å². The summed E-state index contributed by atoms with van der Waals surface area (Å²) in [6.07, 6.45) is 1.57. The molecule has 2 aromatic heterocycles. The number of fused-ring (bicyclic) bond motifs is 1. The van der Waals surface area contributed by atoms with Crippen molar-refractivity contribution >= 4 is 34.1 Å². The number of amides is 1. The van der Waals surface area contributed by atoms with Crippen LogP contribution >= 0.6 is 11.6 Å². The van der Waals surface area contributed by atoms with Gasteiger partial charge in [0.15, 0.2) is 0 Å². The maximum absolute atomic E-state index is 13.1. The minimum atomic E-state index is -0.0559. The number of carbonyl (C=O) groups is 1. The molecule has 0 atom stereocenters. The molecule has 26 heavy (non-hydrogen) atoms. The molecule has 1 fully saturated rings. The molecule has 1 aliphatic heterocycles. The number of ether oxygens (including phenoxy) is 1. The lowest BCUT2D eigenvalue weighted by Gasteiger charge is -2.27.